The number of amides is 1. The van der Waals surface area contributed by atoms with Crippen molar-refractivity contribution in [2.75, 3.05) is 0 Å². The molecule has 5 aliphatic carbocycles. The summed E-state index contributed by atoms with van der Waals surface area (Å²) in [6.45, 7) is 14.9. The molecule has 0 radical (unpaired) electrons. The lowest BCUT2D eigenvalue weighted by atomic mass is 9.41. The molecular weight excluding hydrogens is 502 g/mol. The standard InChI is InChI=1S/C34H51NO5/c1-20(2)29-25(38)16-34(35-19-37)15-12-21-22-9-11-26-32(5,6)27(40-28(39)17-31(3,4)18-36)13-14-33(26,7)24(22)10-8-23(21)30(29)34/h18-24,26-27H,8-17H2,1-7H3,(H,35,37). The van der Waals surface area contributed by atoms with Crippen molar-refractivity contribution in [3.63, 3.8) is 0 Å². The third-order valence-electron chi connectivity index (χ3n) is 12.4. The quantitative estimate of drug-likeness (QED) is 0.299. The van der Waals surface area contributed by atoms with Gasteiger partial charge in [-0.05, 0) is 103 Å². The van der Waals surface area contributed by atoms with Gasteiger partial charge in [0.05, 0.1) is 12.0 Å². The van der Waals surface area contributed by atoms with E-state index in [1.165, 1.54) is 12.0 Å². The summed E-state index contributed by atoms with van der Waals surface area (Å²) in [5.74, 6) is 2.85. The minimum absolute atomic E-state index is 0.121. The largest absolute Gasteiger partial charge is 0.462 e. The monoisotopic (exact) mass is 553 g/mol. The molecule has 222 valence electrons. The van der Waals surface area contributed by atoms with Gasteiger partial charge >= 0.3 is 5.97 Å². The number of allylic oxidation sites excluding steroid dienone is 1. The summed E-state index contributed by atoms with van der Waals surface area (Å²) < 4.78 is 6.11. The molecule has 0 aromatic carbocycles. The lowest BCUT2D eigenvalue weighted by Crippen LogP contribution is -2.60. The smallest absolute Gasteiger partial charge is 0.307 e. The Labute approximate surface area is 240 Å². The zero-order chi connectivity index (χ0) is 29.3. The van der Waals surface area contributed by atoms with Crippen molar-refractivity contribution < 1.29 is 23.9 Å². The Balaban J connectivity index is 1.38. The number of fused-ring (bicyclic) bond motifs is 7. The normalized spacial score (nSPS) is 40.5. The number of carbonyl (C=O) groups is 4. The Morgan fingerprint density at radius 2 is 1.75 bits per heavy atom. The molecule has 4 saturated carbocycles. The summed E-state index contributed by atoms with van der Waals surface area (Å²) in [6, 6.07) is 0. The SMILES string of the molecule is CC(C)C1=C2C3CCC4C(CCC5C(C)(C)C(OC(=O)CC(C)(C)C=O)CCC45C)C3CCC2(NC=O)CC1=O. The van der Waals surface area contributed by atoms with Gasteiger partial charge in [0.25, 0.3) is 0 Å². The van der Waals surface area contributed by atoms with Crippen molar-refractivity contribution in [2.45, 2.75) is 124 Å². The fourth-order valence-electron chi connectivity index (χ4n) is 10.8. The van der Waals surface area contributed by atoms with E-state index in [1.807, 2.05) is 0 Å². The molecule has 5 aliphatic rings. The fourth-order valence-corrected chi connectivity index (χ4v) is 10.8. The molecule has 5 rings (SSSR count). The Kier molecular flexibility index (Phi) is 7.44. The van der Waals surface area contributed by atoms with E-state index in [9.17, 15) is 19.2 Å². The van der Waals surface area contributed by atoms with Crippen LogP contribution in [0.15, 0.2) is 11.1 Å². The molecule has 1 N–H and O–H groups in total. The van der Waals surface area contributed by atoms with E-state index in [-0.39, 0.29) is 41.0 Å². The predicted octanol–water partition coefficient (Wildman–Crippen LogP) is 6.21. The van der Waals surface area contributed by atoms with Crippen LogP contribution in [0, 0.1) is 51.8 Å². The number of aldehydes is 1. The first-order valence-corrected chi connectivity index (χ1v) is 15.9. The second kappa shape index (κ2) is 10.1. The summed E-state index contributed by atoms with van der Waals surface area (Å²) in [6.07, 6.45) is 10.5. The van der Waals surface area contributed by atoms with Gasteiger partial charge in [0.1, 0.15) is 12.4 Å². The molecule has 0 aliphatic heterocycles. The summed E-state index contributed by atoms with van der Waals surface area (Å²) in [5.41, 5.74) is 1.19. The van der Waals surface area contributed by atoms with Crippen LogP contribution in [0.3, 0.4) is 0 Å². The van der Waals surface area contributed by atoms with Crippen LogP contribution in [-0.2, 0) is 23.9 Å². The first-order valence-electron chi connectivity index (χ1n) is 15.9. The topological polar surface area (TPSA) is 89.5 Å². The summed E-state index contributed by atoms with van der Waals surface area (Å²) in [7, 11) is 0. The number of esters is 1. The van der Waals surface area contributed by atoms with Crippen LogP contribution in [0.4, 0.5) is 0 Å². The average molecular weight is 554 g/mol. The predicted molar refractivity (Wildman–Crippen MR) is 154 cm³/mol. The average Bonchev–Trinajstić information content (AvgIpc) is 3.17. The van der Waals surface area contributed by atoms with Gasteiger partial charge in [-0.15, -0.1) is 0 Å². The number of ether oxygens (including phenoxy) is 1. The molecule has 8 unspecified atom stereocenters. The number of nitrogens with one attached hydrogen (secondary N) is 1. The van der Waals surface area contributed by atoms with E-state index >= 15 is 0 Å². The van der Waals surface area contributed by atoms with Gasteiger partial charge in [0.15, 0.2) is 5.78 Å². The van der Waals surface area contributed by atoms with E-state index in [0.29, 0.717) is 36.0 Å². The second-order valence-electron chi connectivity index (χ2n) is 15.8. The van der Waals surface area contributed by atoms with Crippen LogP contribution < -0.4 is 5.32 Å². The maximum atomic E-state index is 13.3. The zero-order valence-corrected chi connectivity index (χ0v) is 25.8. The summed E-state index contributed by atoms with van der Waals surface area (Å²) in [4.78, 5) is 49.2. The number of rotatable bonds is 7. The van der Waals surface area contributed by atoms with Crippen molar-refractivity contribution >= 4 is 24.4 Å². The van der Waals surface area contributed by atoms with Crippen LogP contribution >= 0.6 is 0 Å². The molecule has 0 heterocycles. The maximum absolute atomic E-state index is 13.3. The van der Waals surface area contributed by atoms with Crippen molar-refractivity contribution in [3.05, 3.63) is 11.1 Å². The van der Waals surface area contributed by atoms with Gasteiger partial charge in [0.2, 0.25) is 6.41 Å². The van der Waals surface area contributed by atoms with Gasteiger partial charge in [-0.3, -0.25) is 14.4 Å². The minimum atomic E-state index is -0.700. The lowest BCUT2D eigenvalue weighted by Gasteiger charge is -2.65. The number of Topliss-reactive ketones (excluding diaryl/α,β-unsaturated/α-hetero) is 1. The second-order valence-corrected chi connectivity index (χ2v) is 15.8. The van der Waals surface area contributed by atoms with Gasteiger partial charge in [0, 0.05) is 17.3 Å². The maximum Gasteiger partial charge on any atom is 0.307 e. The fraction of sp³-hybridized carbons (Fsp3) is 0.824. The molecule has 6 heteroatoms. The first kappa shape index (κ1) is 29.5. The van der Waals surface area contributed by atoms with Gasteiger partial charge in [-0.2, -0.15) is 0 Å². The molecule has 0 aromatic heterocycles. The molecule has 8 atom stereocenters. The van der Waals surface area contributed by atoms with Crippen molar-refractivity contribution in [1.82, 2.24) is 5.32 Å². The van der Waals surface area contributed by atoms with Gasteiger partial charge in [-0.1, -0.05) is 48.5 Å². The highest BCUT2D eigenvalue weighted by Gasteiger charge is 2.63. The van der Waals surface area contributed by atoms with Gasteiger partial charge < -0.3 is 14.8 Å². The molecule has 1 amide bonds. The Morgan fingerprint density at radius 3 is 2.40 bits per heavy atom. The molecule has 6 nitrogen and oxygen atoms in total. The van der Waals surface area contributed by atoms with Crippen molar-refractivity contribution in [1.29, 1.82) is 0 Å². The number of hydrogen-bond acceptors (Lipinski definition) is 5. The number of ketones is 1. The van der Waals surface area contributed by atoms with Crippen molar-refractivity contribution in [2.24, 2.45) is 51.8 Å². The third-order valence-corrected chi connectivity index (χ3v) is 12.4. The number of carbonyl (C=O) groups excluding carboxylic acids is 4. The van der Waals surface area contributed by atoms with Crippen LogP contribution in [0.2, 0.25) is 0 Å². The molecule has 0 spiro atoms. The lowest BCUT2D eigenvalue weighted by molar-refractivity contribution is -0.194. The Morgan fingerprint density at radius 1 is 1.02 bits per heavy atom. The van der Waals surface area contributed by atoms with E-state index in [0.717, 1.165) is 63.2 Å². The molecule has 40 heavy (non-hydrogen) atoms. The highest BCUT2D eigenvalue weighted by atomic mass is 16.5. The number of hydrogen-bond donors (Lipinski definition) is 1. The van der Waals surface area contributed by atoms with E-state index in [4.69, 9.17) is 4.74 Å². The first-order chi connectivity index (χ1) is 18.7. The van der Waals surface area contributed by atoms with Crippen molar-refractivity contribution in [3.8, 4) is 0 Å². The van der Waals surface area contributed by atoms with Gasteiger partial charge in [-0.25, -0.2) is 0 Å². The summed E-state index contributed by atoms with van der Waals surface area (Å²) in [5, 5.41) is 3.16. The highest BCUT2D eigenvalue weighted by Crippen LogP contribution is 2.68. The Bertz CT molecular complexity index is 1100. The molecule has 0 bridgehead atoms. The molecule has 4 fully saturated rings. The zero-order valence-electron chi connectivity index (χ0n) is 25.8. The van der Waals surface area contributed by atoms with E-state index in [1.54, 1.807) is 13.8 Å². The van der Waals surface area contributed by atoms with Crippen LogP contribution in [0.5, 0.6) is 0 Å². The van der Waals surface area contributed by atoms with Crippen LogP contribution in [0.25, 0.3) is 0 Å². The van der Waals surface area contributed by atoms with Crippen LogP contribution in [-0.4, -0.2) is 36.1 Å². The third kappa shape index (κ3) is 4.51. The molecule has 0 saturated heterocycles. The highest BCUT2D eigenvalue weighted by molar-refractivity contribution is 6.01. The van der Waals surface area contributed by atoms with E-state index in [2.05, 4.69) is 39.9 Å². The minimum Gasteiger partial charge on any atom is -0.462 e. The Hall–Kier alpha value is -1.98. The molecular formula is C34H51NO5. The van der Waals surface area contributed by atoms with E-state index < -0.39 is 11.0 Å². The summed E-state index contributed by atoms with van der Waals surface area (Å²) >= 11 is 0. The van der Waals surface area contributed by atoms with Crippen LogP contribution in [0.1, 0.15) is 113 Å². The molecule has 0 aromatic rings.